The average molecular weight is 320 g/mol. The van der Waals surface area contributed by atoms with Crippen LogP contribution < -0.4 is 10.1 Å². The minimum Gasteiger partial charge on any atom is -0.491 e. The van der Waals surface area contributed by atoms with Crippen molar-refractivity contribution in [3.8, 4) is 5.75 Å². The fourth-order valence-corrected chi connectivity index (χ4v) is 2.94. The van der Waals surface area contributed by atoms with Crippen molar-refractivity contribution in [1.29, 1.82) is 0 Å². The van der Waals surface area contributed by atoms with Gasteiger partial charge in [0.15, 0.2) is 0 Å². The molecule has 1 aliphatic rings. The number of rotatable bonds is 5. The number of nitrogens with zero attached hydrogens (tertiary/aromatic N) is 1. The Morgan fingerprint density at radius 3 is 2.57 bits per heavy atom. The Labute approximate surface area is 138 Å². The molecule has 0 bridgehead atoms. The molecule has 2 unspecified atom stereocenters. The molecule has 2 N–H and O–H groups in total. The third-order valence-electron chi connectivity index (χ3n) is 4.20. The van der Waals surface area contributed by atoms with Crippen LogP contribution in [0.1, 0.15) is 39.5 Å². The van der Waals surface area contributed by atoms with E-state index in [2.05, 4.69) is 5.32 Å². The van der Waals surface area contributed by atoms with Gasteiger partial charge in [-0.1, -0.05) is 12.8 Å². The SMILES string of the molecule is CC(C)Oc1ccc(NC(=O)N(C)CC2CCCCC2O)cc1. The molecule has 0 heterocycles. The van der Waals surface area contributed by atoms with Crippen LogP contribution in [0.25, 0.3) is 0 Å². The van der Waals surface area contributed by atoms with Crippen LogP contribution in [0.2, 0.25) is 0 Å². The fourth-order valence-electron chi connectivity index (χ4n) is 2.94. The highest BCUT2D eigenvalue weighted by Gasteiger charge is 2.25. The van der Waals surface area contributed by atoms with E-state index in [1.807, 2.05) is 38.1 Å². The van der Waals surface area contributed by atoms with Crippen LogP contribution in [-0.4, -0.2) is 41.8 Å². The molecule has 1 aromatic rings. The van der Waals surface area contributed by atoms with E-state index in [9.17, 15) is 9.90 Å². The Bertz CT molecular complexity index is 501. The first-order valence-corrected chi connectivity index (χ1v) is 8.42. The highest BCUT2D eigenvalue weighted by molar-refractivity contribution is 5.89. The van der Waals surface area contributed by atoms with E-state index < -0.39 is 0 Å². The second-order valence-electron chi connectivity index (χ2n) is 6.61. The zero-order chi connectivity index (χ0) is 16.8. The summed E-state index contributed by atoms with van der Waals surface area (Å²) in [5.41, 5.74) is 0.738. The number of carbonyl (C=O) groups excluding carboxylic acids is 1. The number of benzene rings is 1. The van der Waals surface area contributed by atoms with Gasteiger partial charge in [0.05, 0.1) is 12.2 Å². The van der Waals surface area contributed by atoms with Crippen molar-refractivity contribution in [2.45, 2.75) is 51.7 Å². The van der Waals surface area contributed by atoms with E-state index in [1.54, 1.807) is 11.9 Å². The molecule has 1 aliphatic carbocycles. The van der Waals surface area contributed by atoms with Gasteiger partial charge in [0.25, 0.3) is 0 Å². The lowest BCUT2D eigenvalue weighted by atomic mass is 9.86. The van der Waals surface area contributed by atoms with Gasteiger partial charge in [0.2, 0.25) is 0 Å². The smallest absolute Gasteiger partial charge is 0.321 e. The number of aliphatic hydroxyl groups is 1. The lowest BCUT2D eigenvalue weighted by molar-refractivity contribution is 0.0575. The highest BCUT2D eigenvalue weighted by atomic mass is 16.5. The summed E-state index contributed by atoms with van der Waals surface area (Å²) in [6.07, 6.45) is 3.89. The van der Waals surface area contributed by atoms with Gasteiger partial charge in [-0.25, -0.2) is 4.79 Å². The van der Waals surface area contributed by atoms with E-state index in [0.29, 0.717) is 6.54 Å². The second kappa shape index (κ2) is 8.20. The summed E-state index contributed by atoms with van der Waals surface area (Å²) in [4.78, 5) is 13.9. The molecule has 5 heteroatoms. The maximum absolute atomic E-state index is 12.3. The number of aliphatic hydroxyl groups excluding tert-OH is 1. The van der Waals surface area contributed by atoms with E-state index in [1.165, 1.54) is 0 Å². The quantitative estimate of drug-likeness (QED) is 0.873. The van der Waals surface area contributed by atoms with E-state index in [4.69, 9.17) is 4.74 Å². The summed E-state index contributed by atoms with van der Waals surface area (Å²) >= 11 is 0. The summed E-state index contributed by atoms with van der Waals surface area (Å²) in [6.45, 7) is 4.54. The Morgan fingerprint density at radius 2 is 1.96 bits per heavy atom. The minimum absolute atomic E-state index is 0.128. The molecular formula is C18H28N2O3. The molecule has 0 aromatic heterocycles. The van der Waals surface area contributed by atoms with Gasteiger partial charge in [-0.05, 0) is 51.0 Å². The monoisotopic (exact) mass is 320 g/mol. The van der Waals surface area contributed by atoms with Crippen LogP contribution in [0.3, 0.4) is 0 Å². The summed E-state index contributed by atoms with van der Waals surface area (Å²) in [7, 11) is 1.77. The third kappa shape index (κ3) is 5.43. The van der Waals surface area contributed by atoms with Crippen molar-refractivity contribution in [2.24, 2.45) is 5.92 Å². The number of ether oxygens (including phenoxy) is 1. The Kier molecular flexibility index (Phi) is 6.28. The Balaban J connectivity index is 1.85. The lowest BCUT2D eigenvalue weighted by Gasteiger charge is -2.31. The van der Waals surface area contributed by atoms with Crippen molar-refractivity contribution >= 4 is 11.7 Å². The van der Waals surface area contributed by atoms with Crippen molar-refractivity contribution in [3.63, 3.8) is 0 Å². The molecule has 1 saturated carbocycles. The molecule has 5 nitrogen and oxygen atoms in total. The van der Waals surface area contributed by atoms with Crippen LogP contribution in [-0.2, 0) is 0 Å². The van der Waals surface area contributed by atoms with Gasteiger partial charge in [-0.2, -0.15) is 0 Å². The predicted octanol–water partition coefficient (Wildman–Crippen LogP) is 3.49. The predicted molar refractivity (Wildman–Crippen MR) is 91.8 cm³/mol. The van der Waals surface area contributed by atoms with Gasteiger partial charge >= 0.3 is 6.03 Å². The van der Waals surface area contributed by atoms with Crippen LogP contribution in [0.15, 0.2) is 24.3 Å². The van der Waals surface area contributed by atoms with Gasteiger partial charge in [0.1, 0.15) is 5.75 Å². The first kappa shape index (κ1) is 17.6. The second-order valence-corrected chi connectivity index (χ2v) is 6.61. The number of nitrogens with one attached hydrogen (secondary N) is 1. The first-order valence-electron chi connectivity index (χ1n) is 8.42. The topological polar surface area (TPSA) is 61.8 Å². The van der Waals surface area contributed by atoms with Crippen LogP contribution in [0.4, 0.5) is 10.5 Å². The standard InChI is InChI=1S/C18H28N2O3/c1-13(2)23-16-10-8-15(9-11-16)19-18(22)20(3)12-14-6-4-5-7-17(14)21/h8-11,13-14,17,21H,4-7,12H2,1-3H3,(H,19,22). The molecule has 128 valence electrons. The minimum atomic E-state index is -0.286. The van der Waals surface area contributed by atoms with Gasteiger partial charge in [0, 0.05) is 25.2 Å². The summed E-state index contributed by atoms with van der Waals surface area (Å²) in [5, 5.41) is 12.9. The van der Waals surface area contributed by atoms with E-state index in [-0.39, 0.29) is 24.2 Å². The molecule has 0 aliphatic heterocycles. The molecule has 23 heavy (non-hydrogen) atoms. The molecule has 1 fully saturated rings. The van der Waals surface area contributed by atoms with Gasteiger partial charge in [-0.15, -0.1) is 0 Å². The number of urea groups is 1. The summed E-state index contributed by atoms with van der Waals surface area (Å²) < 4.78 is 5.58. The van der Waals surface area contributed by atoms with Crippen molar-refractivity contribution in [3.05, 3.63) is 24.3 Å². The summed E-state index contributed by atoms with van der Waals surface area (Å²) in [5.74, 6) is 0.970. The van der Waals surface area contributed by atoms with Crippen LogP contribution >= 0.6 is 0 Å². The van der Waals surface area contributed by atoms with Crippen LogP contribution in [0, 0.1) is 5.92 Å². The molecule has 0 radical (unpaired) electrons. The average Bonchev–Trinajstić information content (AvgIpc) is 2.51. The lowest BCUT2D eigenvalue weighted by Crippen LogP contribution is -2.40. The molecule has 2 amide bonds. The normalized spacial score (nSPS) is 21.1. The number of anilines is 1. The van der Waals surface area contributed by atoms with Crippen molar-refractivity contribution < 1.29 is 14.6 Å². The fraction of sp³-hybridized carbons (Fsp3) is 0.611. The van der Waals surface area contributed by atoms with Crippen LogP contribution in [0.5, 0.6) is 5.75 Å². The Morgan fingerprint density at radius 1 is 1.30 bits per heavy atom. The zero-order valence-corrected chi connectivity index (χ0v) is 14.3. The molecule has 0 spiro atoms. The maximum atomic E-state index is 12.3. The number of carbonyl (C=O) groups is 1. The summed E-state index contributed by atoms with van der Waals surface area (Å²) in [6, 6.07) is 7.21. The van der Waals surface area contributed by atoms with Gasteiger partial charge < -0.3 is 20.1 Å². The molecule has 2 atom stereocenters. The van der Waals surface area contributed by atoms with E-state index in [0.717, 1.165) is 37.1 Å². The number of amides is 2. The molecule has 2 rings (SSSR count). The number of hydrogen-bond acceptors (Lipinski definition) is 3. The van der Waals surface area contributed by atoms with Crippen molar-refractivity contribution in [1.82, 2.24) is 4.90 Å². The highest BCUT2D eigenvalue weighted by Crippen LogP contribution is 2.25. The number of hydrogen-bond donors (Lipinski definition) is 2. The van der Waals surface area contributed by atoms with Crippen molar-refractivity contribution in [2.75, 3.05) is 18.9 Å². The Hall–Kier alpha value is -1.75. The molecule has 0 saturated heterocycles. The molecule has 1 aromatic carbocycles. The zero-order valence-electron chi connectivity index (χ0n) is 14.3. The molecular weight excluding hydrogens is 292 g/mol. The maximum Gasteiger partial charge on any atom is 0.321 e. The van der Waals surface area contributed by atoms with E-state index >= 15 is 0 Å². The largest absolute Gasteiger partial charge is 0.491 e. The first-order chi connectivity index (χ1) is 11.0. The third-order valence-corrected chi connectivity index (χ3v) is 4.20. The van der Waals surface area contributed by atoms with Gasteiger partial charge in [-0.3, -0.25) is 0 Å².